The Kier molecular flexibility index (Phi) is 2.36. The zero-order valence-electron chi connectivity index (χ0n) is 6.14. The van der Waals surface area contributed by atoms with E-state index >= 15 is 0 Å². The van der Waals surface area contributed by atoms with Crippen molar-refractivity contribution in [3.63, 3.8) is 0 Å². The van der Waals surface area contributed by atoms with Crippen LogP contribution < -0.4 is 0 Å². The van der Waals surface area contributed by atoms with Gasteiger partial charge in [-0.15, -0.1) is 0 Å². The van der Waals surface area contributed by atoms with E-state index in [1.54, 1.807) is 12.2 Å². The highest BCUT2D eigenvalue weighted by molar-refractivity contribution is 5.48. The lowest BCUT2D eigenvalue weighted by Crippen LogP contribution is -1.83. The van der Waals surface area contributed by atoms with E-state index in [1.165, 1.54) is 6.07 Å². The van der Waals surface area contributed by atoms with Gasteiger partial charge in [-0.3, -0.25) is 0 Å². The van der Waals surface area contributed by atoms with Gasteiger partial charge >= 0.3 is 0 Å². The summed E-state index contributed by atoms with van der Waals surface area (Å²) in [5.41, 5.74) is 0.673. The minimum Gasteiger partial charge on any atom is -0.204 e. The molecule has 0 saturated heterocycles. The summed E-state index contributed by atoms with van der Waals surface area (Å²) in [6, 6.07) is 3.80. The smallest absolute Gasteiger partial charge is 0.159 e. The highest BCUT2D eigenvalue weighted by Gasteiger charge is 1.98. The Morgan fingerprint density at radius 1 is 1.18 bits per heavy atom. The first-order valence-electron chi connectivity index (χ1n) is 3.32. The molecule has 2 heteroatoms. The van der Waals surface area contributed by atoms with Crippen LogP contribution in [0.1, 0.15) is 12.5 Å². The maximum absolute atomic E-state index is 12.5. The van der Waals surface area contributed by atoms with Gasteiger partial charge in [-0.05, 0) is 24.6 Å². The van der Waals surface area contributed by atoms with Crippen LogP contribution in [0.5, 0.6) is 0 Å². The van der Waals surface area contributed by atoms with Gasteiger partial charge in [-0.1, -0.05) is 18.2 Å². The van der Waals surface area contributed by atoms with E-state index in [-0.39, 0.29) is 0 Å². The number of rotatable bonds is 1. The number of hydrogen-bond donors (Lipinski definition) is 0. The van der Waals surface area contributed by atoms with Crippen molar-refractivity contribution in [3.05, 3.63) is 41.5 Å². The third-order valence-electron chi connectivity index (χ3n) is 1.30. The van der Waals surface area contributed by atoms with Crippen LogP contribution in [-0.4, -0.2) is 0 Å². The van der Waals surface area contributed by atoms with Crippen molar-refractivity contribution < 1.29 is 8.78 Å². The fraction of sp³-hybridized carbons (Fsp3) is 0.111. The predicted octanol–water partition coefficient (Wildman–Crippen LogP) is 3.00. The van der Waals surface area contributed by atoms with Gasteiger partial charge in [0.1, 0.15) is 0 Å². The molecule has 0 aliphatic heterocycles. The average molecular weight is 154 g/mol. The van der Waals surface area contributed by atoms with E-state index in [9.17, 15) is 8.78 Å². The minimum absolute atomic E-state index is 0.673. The van der Waals surface area contributed by atoms with Crippen LogP contribution in [0.25, 0.3) is 6.08 Å². The molecule has 0 atom stereocenters. The van der Waals surface area contributed by atoms with Gasteiger partial charge in [0, 0.05) is 0 Å². The van der Waals surface area contributed by atoms with Crippen molar-refractivity contribution in [1.29, 1.82) is 0 Å². The number of benzene rings is 1. The molecule has 58 valence electrons. The molecule has 0 fully saturated rings. The second kappa shape index (κ2) is 3.28. The number of allylic oxidation sites excluding steroid dienone is 1. The molecule has 0 unspecified atom stereocenters. The molecule has 1 aromatic rings. The molecule has 0 aliphatic rings. The van der Waals surface area contributed by atoms with Gasteiger partial charge in [0.2, 0.25) is 0 Å². The monoisotopic (exact) mass is 154 g/mol. The van der Waals surface area contributed by atoms with Crippen molar-refractivity contribution in [3.8, 4) is 0 Å². The van der Waals surface area contributed by atoms with Gasteiger partial charge < -0.3 is 0 Å². The summed E-state index contributed by atoms with van der Waals surface area (Å²) in [7, 11) is 0. The molecule has 0 heterocycles. The molecule has 1 rings (SSSR count). The lowest BCUT2D eigenvalue weighted by molar-refractivity contribution is 0.508. The van der Waals surface area contributed by atoms with Crippen LogP contribution in [0, 0.1) is 11.6 Å². The van der Waals surface area contributed by atoms with Crippen molar-refractivity contribution in [2.75, 3.05) is 0 Å². The zero-order chi connectivity index (χ0) is 8.27. The van der Waals surface area contributed by atoms with Crippen molar-refractivity contribution in [2.45, 2.75) is 6.92 Å². The molecule has 0 N–H and O–H groups in total. The van der Waals surface area contributed by atoms with E-state index in [0.717, 1.165) is 12.1 Å². The van der Waals surface area contributed by atoms with Crippen LogP contribution in [-0.2, 0) is 0 Å². The first kappa shape index (κ1) is 7.92. The average Bonchev–Trinajstić information content (AvgIpc) is 1.98. The Morgan fingerprint density at radius 3 is 2.45 bits per heavy atom. The second-order valence-electron chi connectivity index (χ2n) is 2.17. The molecular weight excluding hydrogens is 146 g/mol. The van der Waals surface area contributed by atoms with E-state index in [1.807, 2.05) is 6.92 Å². The van der Waals surface area contributed by atoms with Crippen LogP contribution in [0.2, 0.25) is 0 Å². The van der Waals surface area contributed by atoms with Gasteiger partial charge in [-0.25, -0.2) is 8.78 Å². The maximum atomic E-state index is 12.5. The van der Waals surface area contributed by atoms with Crippen LogP contribution in [0.3, 0.4) is 0 Å². The predicted molar refractivity (Wildman–Crippen MR) is 41.1 cm³/mol. The molecular formula is C9H8F2. The highest BCUT2D eigenvalue weighted by Crippen LogP contribution is 2.09. The molecule has 0 bridgehead atoms. The summed E-state index contributed by atoms with van der Waals surface area (Å²) in [5, 5.41) is 0. The van der Waals surface area contributed by atoms with Crippen molar-refractivity contribution >= 4 is 6.08 Å². The highest BCUT2D eigenvalue weighted by atomic mass is 19.2. The summed E-state index contributed by atoms with van der Waals surface area (Å²) in [5.74, 6) is -1.61. The number of hydrogen-bond acceptors (Lipinski definition) is 0. The fourth-order valence-electron chi connectivity index (χ4n) is 0.809. The Balaban J connectivity index is 3.05. The summed E-state index contributed by atoms with van der Waals surface area (Å²) >= 11 is 0. The molecule has 0 aliphatic carbocycles. The maximum Gasteiger partial charge on any atom is 0.159 e. The molecule has 0 nitrogen and oxygen atoms in total. The SMILES string of the molecule is C/C=C\c1ccc(F)c(F)c1. The normalized spacial score (nSPS) is 10.8. The second-order valence-corrected chi connectivity index (χ2v) is 2.17. The summed E-state index contributed by atoms with van der Waals surface area (Å²) in [6.07, 6.45) is 3.48. The summed E-state index contributed by atoms with van der Waals surface area (Å²) < 4.78 is 24.8. The Hall–Kier alpha value is -1.18. The van der Waals surface area contributed by atoms with Crippen LogP contribution in [0.4, 0.5) is 8.78 Å². The lowest BCUT2D eigenvalue weighted by Gasteiger charge is -1.93. The third-order valence-corrected chi connectivity index (χ3v) is 1.30. The molecule has 0 saturated carbocycles. The van der Waals surface area contributed by atoms with Crippen molar-refractivity contribution in [2.24, 2.45) is 0 Å². The molecule has 0 amide bonds. The Morgan fingerprint density at radius 2 is 1.91 bits per heavy atom. The molecule has 0 radical (unpaired) electrons. The largest absolute Gasteiger partial charge is 0.204 e. The summed E-state index contributed by atoms with van der Waals surface area (Å²) in [4.78, 5) is 0. The van der Waals surface area contributed by atoms with E-state index in [4.69, 9.17) is 0 Å². The lowest BCUT2D eigenvalue weighted by atomic mass is 10.2. The molecule has 1 aromatic carbocycles. The third kappa shape index (κ3) is 1.87. The van der Waals surface area contributed by atoms with Crippen LogP contribution >= 0.6 is 0 Å². The quantitative estimate of drug-likeness (QED) is 0.583. The van der Waals surface area contributed by atoms with Gasteiger partial charge in [0.25, 0.3) is 0 Å². The first-order chi connectivity index (χ1) is 5.24. The Bertz CT molecular complexity index is 277. The molecule has 0 spiro atoms. The fourth-order valence-corrected chi connectivity index (χ4v) is 0.809. The minimum atomic E-state index is -0.807. The van der Waals surface area contributed by atoms with E-state index < -0.39 is 11.6 Å². The molecule has 11 heavy (non-hydrogen) atoms. The topological polar surface area (TPSA) is 0 Å². The standard InChI is InChI=1S/C9H8F2/c1-2-3-7-4-5-8(10)9(11)6-7/h2-6H,1H3/b3-2-. The van der Waals surface area contributed by atoms with E-state index in [2.05, 4.69) is 0 Å². The Labute approximate surface area is 64.2 Å². The first-order valence-corrected chi connectivity index (χ1v) is 3.32. The zero-order valence-corrected chi connectivity index (χ0v) is 6.14. The van der Waals surface area contributed by atoms with Gasteiger partial charge in [-0.2, -0.15) is 0 Å². The molecule has 0 aromatic heterocycles. The van der Waals surface area contributed by atoms with Crippen molar-refractivity contribution in [1.82, 2.24) is 0 Å². The van der Waals surface area contributed by atoms with Gasteiger partial charge in [0.15, 0.2) is 11.6 Å². The van der Waals surface area contributed by atoms with Gasteiger partial charge in [0.05, 0.1) is 0 Å². The summed E-state index contributed by atoms with van der Waals surface area (Å²) in [6.45, 7) is 1.82. The number of halogens is 2. The van der Waals surface area contributed by atoms with E-state index in [0.29, 0.717) is 5.56 Å². The van der Waals surface area contributed by atoms with Crippen LogP contribution in [0.15, 0.2) is 24.3 Å².